The van der Waals surface area contributed by atoms with Gasteiger partial charge in [0.25, 0.3) is 0 Å². The maximum Gasteiger partial charge on any atom is 0.232 e. The molecule has 0 aromatic heterocycles. The Labute approximate surface area is 120 Å². The first-order chi connectivity index (χ1) is 9.21. The lowest BCUT2D eigenvalue weighted by Crippen LogP contribution is -2.37. The Hall–Kier alpha value is -1.76. The molecule has 0 fully saturated rings. The predicted octanol–water partition coefficient (Wildman–Crippen LogP) is 0.655. The van der Waals surface area contributed by atoms with E-state index in [0.717, 1.165) is 11.9 Å². The SMILES string of the molecule is CC(=O)NCCN(c1ccc(N(C)C)cc1)S(C)(=O)=O. The Morgan fingerprint density at radius 3 is 2.05 bits per heavy atom. The number of carbonyl (C=O) groups excluding carboxylic acids is 1. The Morgan fingerprint density at radius 1 is 1.15 bits per heavy atom. The third-order valence-electron chi connectivity index (χ3n) is 2.74. The number of hydrogen-bond donors (Lipinski definition) is 1. The Morgan fingerprint density at radius 2 is 1.65 bits per heavy atom. The fourth-order valence-corrected chi connectivity index (χ4v) is 2.66. The van der Waals surface area contributed by atoms with Gasteiger partial charge in [0.1, 0.15) is 0 Å². The molecule has 0 radical (unpaired) electrons. The second-order valence-corrected chi connectivity index (χ2v) is 6.64. The molecular formula is C13H21N3O3S. The Balaban J connectivity index is 2.91. The maximum atomic E-state index is 11.8. The van der Waals surface area contributed by atoms with Crippen molar-refractivity contribution >= 4 is 27.3 Å². The molecule has 0 aliphatic carbocycles. The number of amides is 1. The van der Waals surface area contributed by atoms with Gasteiger partial charge in [-0.15, -0.1) is 0 Å². The van der Waals surface area contributed by atoms with Crippen molar-refractivity contribution in [1.29, 1.82) is 0 Å². The molecule has 112 valence electrons. The van der Waals surface area contributed by atoms with Crippen LogP contribution in [0.4, 0.5) is 11.4 Å². The van der Waals surface area contributed by atoms with Crippen LogP contribution < -0.4 is 14.5 Å². The molecule has 1 rings (SSSR count). The van der Waals surface area contributed by atoms with Crippen molar-refractivity contribution in [2.45, 2.75) is 6.92 Å². The topological polar surface area (TPSA) is 69.7 Å². The zero-order chi connectivity index (χ0) is 15.3. The number of carbonyl (C=O) groups is 1. The van der Waals surface area contributed by atoms with Gasteiger partial charge in [-0.3, -0.25) is 9.10 Å². The smallest absolute Gasteiger partial charge is 0.232 e. The molecule has 1 aromatic rings. The highest BCUT2D eigenvalue weighted by Gasteiger charge is 2.17. The van der Waals surface area contributed by atoms with Gasteiger partial charge in [0.2, 0.25) is 15.9 Å². The number of rotatable bonds is 6. The summed E-state index contributed by atoms with van der Waals surface area (Å²) in [4.78, 5) is 12.8. The van der Waals surface area contributed by atoms with Gasteiger partial charge in [-0.1, -0.05) is 0 Å². The molecule has 1 aromatic carbocycles. The van der Waals surface area contributed by atoms with Gasteiger partial charge < -0.3 is 10.2 Å². The van der Waals surface area contributed by atoms with E-state index in [1.165, 1.54) is 11.2 Å². The summed E-state index contributed by atoms with van der Waals surface area (Å²) < 4.78 is 24.9. The lowest BCUT2D eigenvalue weighted by Gasteiger charge is -2.23. The van der Waals surface area contributed by atoms with Gasteiger partial charge in [0, 0.05) is 33.3 Å². The van der Waals surface area contributed by atoms with Crippen molar-refractivity contribution in [2.24, 2.45) is 0 Å². The van der Waals surface area contributed by atoms with Crippen molar-refractivity contribution in [3.05, 3.63) is 24.3 Å². The van der Waals surface area contributed by atoms with Crippen LogP contribution in [0.15, 0.2) is 24.3 Å². The molecule has 0 unspecified atom stereocenters. The summed E-state index contributed by atoms with van der Waals surface area (Å²) in [5.74, 6) is -0.179. The Kier molecular flexibility index (Phi) is 5.38. The Bertz CT molecular complexity index is 553. The number of anilines is 2. The van der Waals surface area contributed by atoms with Crippen LogP contribution in [0, 0.1) is 0 Å². The second kappa shape index (κ2) is 6.60. The van der Waals surface area contributed by atoms with Crippen molar-refractivity contribution in [3.63, 3.8) is 0 Å². The standard InChI is InChI=1S/C13H21N3O3S/c1-11(17)14-9-10-16(20(4,18)19)13-7-5-12(6-8-13)15(2)3/h5-8H,9-10H2,1-4H3,(H,14,17). The molecule has 0 saturated heterocycles. The van der Waals surface area contributed by atoms with E-state index in [4.69, 9.17) is 0 Å². The monoisotopic (exact) mass is 299 g/mol. The van der Waals surface area contributed by atoms with Crippen molar-refractivity contribution in [2.75, 3.05) is 42.6 Å². The average molecular weight is 299 g/mol. The van der Waals surface area contributed by atoms with Gasteiger partial charge in [-0.05, 0) is 24.3 Å². The summed E-state index contributed by atoms with van der Waals surface area (Å²) in [6, 6.07) is 7.21. The highest BCUT2D eigenvalue weighted by atomic mass is 32.2. The van der Waals surface area contributed by atoms with Crippen LogP contribution in [0.2, 0.25) is 0 Å². The van der Waals surface area contributed by atoms with Crippen LogP contribution in [0.3, 0.4) is 0 Å². The molecule has 0 aliphatic heterocycles. The van der Waals surface area contributed by atoms with Crippen molar-refractivity contribution < 1.29 is 13.2 Å². The molecular weight excluding hydrogens is 278 g/mol. The van der Waals surface area contributed by atoms with Crippen molar-refractivity contribution in [1.82, 2.24) is 5.32 Å². The van der Waals surface area contributed by atoms with Crippen LogP contribution in [0.1, 0.15) is 6.92 Å². The molecule has 1 N–H and O–H groups in total. The lowest BCUT2D eigenvalue weighted by molar-refractivity contribution is -0.118. The number of benzene rings is 1. The minimum Gasteiger partial charge on any atom is -0.378 e. The van der Waals surface area contributed by atoms with E-state index >= 15 is 0 Å². The predicted molar refractivity (Wildman–Crippen MR) is 81.6 cm³/mol. The molecule has 0 bridgehead atoms. The van der Waals surface area contributed by atoms with Gasteiger partial charge >= 0.3 is 0 Å². The van der Waals surface area contributed by atoms with Crippen LogP contribution in [0.5, 0.6) is 0 Å². The first-order valence-electron chi connectivity index (χ1n) is 6.21. The first-order valence-corrected chi connectivity index (χ1v) is 8.06. The summed E-state index contributed by atoms with van der Waals surface area (Å²) in [7, 11) is 0.453. The number of sulfonamides is 1. The van der Waals surface area contributed by atoms with Crippen LogP contribution >= 0.6 is 0 Å². The number of nitrogens with one attached hydrogen (secondary N) is 1. The largest absolute Gasteiger partial charge is 0.378 e. The molecule has 6 nitrogen and oxygen atoms in total. The fourth-order valence-electron chi connectivity index (χ4n) is 1.74. The quantitative estimate of drug-likeness (QED) is 0.837. The summed E-state index contributed by atoms with van der Waals surface area (Å²) in [5.41, 5.74) is 1.58. The third kappa shape index (κ3) is 4.73. The molecule has 20 heavy (non-hydrogen) atoms. The highest BCUT2D eigenvalue weighted by Crippen LogP contribution is 2.21. The summed E-state index contributed by atoms with van der Waals surface area (Å²) in [6.07, 6.45) is 1.15. The molecule has 0 saturated carbocycles. The van der Waals surface area contributed by atoms with Gasteiger partial charge in [-0.25, -0.2) is 8.42 Å². The first kappa shape index (κ1) is 16.3. The normalized spacial score (nSPS) is 11.0. The maximum absolute atomic E-state index is 11.8. The van der Waals surface area contributed by atoms with Crippen LogP contribution in [-0.4, -0.2) is 47.8 Å². The third-order valence-corrected chi connectivity index (χ3v) is 3.94. The molecule has 0 spiro atoms. The highest BCUT2D eigenvalue weighted by molar-refractivity contribution is 7.92. The zero-order valence-corrected chi connectivity index (χ0v) is 13.1. The zero-order valence-electron chi connectivity index (χ0n) is 12.3. The second-order valence-electron chi connectivity index (χ2n) is 4.73. The summed E-state index contributed by atoms with van der Waals surface area (Å²) in [5, 5.41) is 2.59. The minimum atomic E-state index is -3.38. The summed E-state index contributed by atoms with van der Waals surface area (Å²) >= 11 is 0. The molecule has 0 atom stereocenters. The van der Waals surface area contributed by atoms with E-state index < -0.39 is 10.0 Å². The van der Waals surface area contributed by atoms with E-state index in [1.807, 2.05) is 31.1 Å². The minimum absolute atomic E-state index is 0.179. The number of hydrogen-bond acceptors (Lipinski definition) is 4. The van der Waals surface area contributed by atoms with Gasteiger partial charge in [0.05, 0.1) is 18.5 Å². The summed E-state index contributed by atoms with van der Waals surface area (Å²) in [6.45, 7) is 1.88. The van der Waals surface area contributed by atoms with E-state index in [-0.39, 0.29) is 19.0 Å². The lowest BCUT2D eigenvalue weighted by atomic mass is 10.2. The van der Waals surface area contributed by atoms with E-state index in [0.29, 0.717) is 5.69 Å². The molecule has 0 heterocycles. The van der Waals surface area contributed by atoms with Gasteiger partial charge in [-0.2, -0.15) is 0 Å². The number of nitrogens with zero attached hydrogens (tertiary/aromatic N) is 2. The molecule has 0 aliphatic rings. The molecule has 1 amide bonds. The van der Waals surface area contributed by atoms with Crippen molar-refractivity contribution in [3.8, 4) is 0 Å². The van der Waals surface area contributed by atoms with Crippen LogP contribution in [-0.2, 0) is 14.8 Å². The average Bonchev–Trinajstić information content (AvgIpc) is 2.33. The molecule has 7 heteroatoms. The van der Waals surface area contributed by atoms with E-state index in [2.05, 4.69) is 5.32 Å². The fraction of sp³-hybridized carbons (Fsp3) is 0.462. The van der Waals surface area contributed by atoms with Crippen LogP contribution in [0.25, 0.3) is 0 Å². The van der Waals surface area contributed by atoms with Gasteiger partial charge in [0.15, 0.2) is 0 Å². The van der Waals surface area contributed by atoms with E-state index in [9.17, 15) is 13.2 Å². The van der Waals surface area contributed by atoms with E-state index in [1.54, 1.807) is 12.1 Å².